The molecule has 1 N–H and O–H groups in total. The highest BCUT2D eigenvalue weighted by molar-refractivity contribution is 5.79. The monoisotopic (exact) mass is 232 g/mol. The third kappa shape index (κ3) is 6.56. The second-order valence-corrected chi connectivity index (χ2v) is 4.45. The summed E-state index contributed by atoms with van der Waals surface area (Å²) in [6.07, 6.45) is 7.12. The van der Waals surface area contributed by atoms with E-state index in [-0.39, 0.29) is 0 Å². The van der Waals surface area contributed by atoms with Gasteiger partial charge in [-0.2, -0.15) is 0 Å². The number of carboxylic acid groups (broad SMARTS) is 1. The van der Waals surface area contributed by atoms with Gasteiger partial charge in [-0.25, -0.2) is 4.79 Å². The van der Waals surface area contributed by atoms with Crippen molar-refractivity contribution in [3.05, 3.63) is 48.0 Å². The Morgan fingerprint density at radius 2 is 2.00 bits per heavy atom. The van der Waals surface area contributed by atoms with Gasteiger partial charge in [-0.3, -0.25) is 0 Å². The Balaban J connectivity index is 2.17. The lowest BCUT2D eigenvalue weighted by Gasteiger charge is -2.09. The van der Waals surface area contributed by atoms with E-state index in [0.717, 1.165) is 25.7 Å². The molecule has 1 rings (SSSR count). The highest BCUT2D eigenvalue weighted by Gasteiger charge is 2.01. The van der Waals surface area contributed by atoms with Crippen molar-refractivity contribution in [2.45, 2.75) is 32.6 Å². The van der Waals surface area contributed by atoms with Gasteiger partial charge in [-0.15, -0.1) is 0 Å². The molecule has 0 aliphatic carbocycles. The second kappa shape index (κ2) is 7.66. The zero-order valence-electron chi connectivity index (χ0n) is 10.3. The van der Waals surface area contributed by atoms with Crippen LogP contribution in [0.15, 0.2) is 42.5 Å². The van der Waals surface area contributed by atoms with Crippen LogP contribution in [-0.4, -0.2) is 11.1 Å². The molecule has 0 saturated carbocycles. The van der Waals surface area contributed by atoms with E-state index >= 15 is 0 Å². The minimum atomic E-state index is -0.859. The van der Waals surface area contributed by atoms with Crippen LogP contribution in [0.4, 0.5) is 0 Å². The van der Waals surface area contributed by atoms with Gasteiger partial charge in [0.25, 0.3) is 0 Å². The molecule has 0 aromatic heterocycles. The molecular weight excluding hydrogens is 212 g/mol. The summed E-state index contributed by atoms with van der Waals surface area (Å²) in [5, 5.41) is 8.44. The normalized spacial score (nSPS) is 12.8. The second-order valence-electron chi connectivity index (χ2n) is 4.45. The first kappa shape index (κ1) is 13.5. The van der Waals surface area contributed by atoms with Crippen molar-refractivity contribution in [2.24, 2.45) is 5.92 Å². The number of aliphatic carboxylic acids is 1. The molecule has 1 unspecified atom stereocenters. The van der Waals surface area contributed by atoms with Crippen LogP contribution in [0.3, 0.4) is 0 Å². The lowest BCUT2D eigenvalue weighted by molar-refractivity contribution is -0.131. The Hall–Kier alpha value is -1.57. The Labute approximate surface area is 103 Å². The smallest absolute Gasteiger partial charge is 0.327 e. The molecule has 0 spiro atoms. The first-order valence-corrected chi connectivity index (χ1v) is 6.12. The van der Waals surface area contributed by atoms with Gasteiger partial charge in [-0.05, 0) is 37.2 Å². The van der Waals surface area contributed by atoms with Crippen LogP contribution in [-0.2, 0) is 11.2 Å². The van der Waals surface area contributed by atoms with Gasteiger partial charge >= 0.3 is 5.97 Å². The number of carbonyl (C=O) groups is 1. The Morgan fingerprint density at radius 1 is 1.29 bits per heavy atom. The number of benzene rings is 1. The predicted octanol–water partition coefficient (Wildman–Crippen LogP) is 3.68. The van der Waals surface area contributed by atoms with Crippen LogP contribution >= 0.6 is 0 Å². The highest BCUT2D eigenvalue weighted by Crippen LogP contribution is 2.14. The quantitative estimate of drug-likeness (QED) is 0.728. The van der Waals surface area contributed by atoms with E-state index in [0.29, 0.717) is 5.92 Å². The Kier molecular flexibility index (Phi) is 6.08. The van der Waals surface area contributed by atoms with Crippen LogP contribution < -0.4 is 0 Å². The van der Waals surface area contributed by atoms with Gasteiger partial charge in [-0.1, -0.05) is 43.3 Å². The summed E-state index contributed by atoms with van der Waals surface area (Å²) in [5.41, 5.74) is 1.38. The van der Waals surface area contributed by atoms with Crippen molar-refractivity contribution in [2.75, 3.05) is 0 Å². The fourth-order valence-electron chi connectivity index (χ4n) is 1.77. The third-order valence-electron chi connectivity index (χ3n) is 2.86. The number of allylic oxidation sites excluding steroid dienone is 1. The maximum Gasteiger partial charge on any atom is 0.327 e. The predicted molar refractivity (Wildman–Crippen MR) is 69.9 cm³/mol. The lowest BCUT2D eigenvalue weighted by atomic mass is 9.97. The molecule has 0 heterocycles. The van der Waals surface area contributed by atoms with Crippen LogP contribution in [0.1, 0.15) is 31.7 Å². The van der Waals surface area contributed by atoms with Gasteiger partial charge in [0.05, 0.1) is 0 Å². The Morgan fingerprint density at radius 3 is 2.65 bits per heavy atom. The molecule has 1 aromatic rings. The van der Waals surface area contributed by atoms with Crippen molar-refractivity contribution in [1.29, 1.82) is 0 Å². The number of rotatable bonds is 7. The van der Waals surface area contributed by atoms with Crippen LogP contribution in [0.25, 0.3) is 0 Å². The van der Waals surface area contributed by atoms with Crippen molar-refractivity contribution in [3.8, 4) is 0 Å². The minimum Gasteiger partial charge on any atom is -0.478 e. The van der Waals surface area contributed by atoms with Crippen molar-refractivity contribution >= 4 is 5.97 Å². The molecule has 1 atom stereocenters. The summed E-state index contributed by atoms with van der Waals surface area (Å²) < 4.78 is 0. The lowest BCUT2D eigenvalue weighted by Crippen LogP contribution is -1.97. The maximum absolute atomic E-state index is 10.3. The molecule has 0 fully saturated rings. The molecule has 2 nitrogen and oxygen atoms in total. The van der Waals surface area contributed by atoms with Crippen molar-refractivity contribution < 1.29 is 9.90 Å². The average molecular weight is 232 g/mol. The summed E-state index contributed by atoms with van der Waals surface area (Å²) >= 11 is 0. The van der Waals surface area contributed by atoms with Gasteiger partial charge < -0.3 is 5.11 Å². The number of carboxylic acids is 1. The Bertz CT molecular complexity index is 354. The molecule has 0 aliphatic rings. The molecule has 17 heavy (non-hydrogen) atoms. The zero-order chi connectivity index (χ0) is 12.5. The molecule has 0 aliphatic heterocycles. The fourth-order valence-corrected chi connectivity index (χ4v) is 1.77. The van der Waals surface area contributed by atoms with Crippen LogP contribution in [0.2, 0.25) is 0 Å². The van der Waals surface area contributed by atoms with E-state index in [1.807, 2.05) is 6.07 Å². The van der Waals surface area contributed by atoms with Crippen molar-refractivity contribution in [3.63, 3.8) is 0 Å². The molecule has 1 aromatic carbocycles. The van der Waals surface area contributed by atoms with E-state index in [1.54, 1.807) is 6.08 Å². The molecule has 0 amide bonds. The minimum absolute atomic E-state index is 0.633. The molecule has 2 heteroatoms. The fraction of sp³-hybridized carbons (Fsp3) is 0.400. The highest BCUT2D eigenvalue weighted by atomic mass is 16.4. The first-order valence-electron chi connectivity index (χ1n) is 6.12. The van der Waals surface area contributed by atoms with Crippen molar-refractivity contribution in [1.82, 2.24) is 0 Å². The van der Waals surface area contributed by atoms with Gasteiger partial charge in [0.2, 0.25) is 0 Å². The number of aryl methyl sites for hydroxylation is 1. The summed E-state index contributed by atoms with van der Waals surface area (Å²) in [6.45, 7) is 2.22. The molecule has 0 radical (unpaired) electrons. The molecule has 92 valence electrons. The molecule has 0 saturated heterocycles. The largest absolute Gasteiger partial charge is 0.478 e. The van der Waals surface area contributed by atoms with Gasteiger partial charge in [0.1, 0.15) is 0 Å². The summed E-state index contributed by atoms with van der Waals surface area (Å²) in [4.78, 5) is 10.3. The standard InChI is InChI=1S/C15H20O2/c1-13(7-5-6-10-15(16)17)11-12-14-8-3-2-4-9-14/h2-4,6,8-10,13H,5,7,11-12H2,1H3,(H,16,17). The maximum atomic E-state index is 10.3. The molecule has 0 bridgehead atoms. The average Bonchev–Trinajstić information content (AvgIpc) is 2.33. The van der Waals surface area contributed by atoms with Gasteiger partial charge in [0.15, 0.2) is 0 Å². The topological polar surface area (TPSA) is 37.3 Å². The summed E-state index contributed by atoms with van der Waals surface area (Å²) in [5.74, 6) is -0.226. The van der Waals surface area contributed by atoms with E-state index < -0.39 is 5.97 Å². The zero-order valence-corrected chi connectivity index (χ0v) is 10.3. The van der Waals surface area contributed by atoms with E-state index in [9.17, 15) is 4.79 Å². The van der Waals surface area contributed by atoms with Crippen LogP contribution in [0, 0.1) is 5.92 Å². The SMILES string of the molecule is CC(CCC=CC(=O)O)CCc1ccccc1. The van der Waals surface area contributed by atoms with E-state index in [4.69, 9.17) is 5.11 Å². The van der Waals surface area contributed by atoms with E-state index in [1.165, 1.54) is 11.6 Å². The number of hydrogen-bond acceptors (Lipinski definition) is 1. The van der Waals surface area contributed by atoms with E-state index in [2.05, 4.69) is 31.2 Å². The van der Waals surface area contributed by atoms with Gasteiger partial charge in [0, 0.05) is 6.08 Å². The summed E-state index contributed by atoms with van der Waals surface area (Å²) in [7, 11) is 0. The van der Waals surface area contributed by atoms with Crippen LogP contribution in [0.5, 0.6) is 0 Å². The first-order chi connectivity index (χ1) is 8.18. The molecular formula is C15H20O2. The third-order valence-corrected chi connectivity index (χ3v) is 2.86. The summed E-state index contributed by atoms with van der Waals surface area (Å²) in [6, 6.07) is 10.5. The number of hydrogen-bond donors (Lipinski definition) is 1.